The second-order valence-corrected chi connectivity index (χ2v) is 10.4. The average molecular weight is 572 g/mol. The summed E-state index contributed by atoms with van der Waals surface area (Å²) in [6, 6.07) is 30.0. The van der Waals surface area contributed by atoms with Gasteiger partial charge in [-0.05, 0) is 53.5 Å². The summed E-state index contributed by atoms with van der Waals surface area (Å²) in [5.41, 5.74) is 3.10. The van der Waals surface area contributed by atoms with Crippen LogP contribution in [0.4, 0.5) is 0 Å². The Kier molecular flexibility index (Phi) is 4.25. The quantitative estimate of drug-likeness (QED) is 0.210. The van der Waals surface area contributed by atoms with Gasteiger partial charge in [0.1, 0.15) is 22.3 Å². The smallest absolute Gasteiger partial charge is 0.164 e. The summed E-state index contributed by atoms with van der Waals surface area (Å²) in [5, 5.41) is 1.95. The van der Waals surface area contributed by atoms with E-state index >= 15 is 0 Å². The first kappa shape index (κ1) is 19.2. The minimum atomic E-state index is -0.333. The number of hydrogen-bond donors (Lipinski definition) is 0. The molecule has 5 heteroatoms. The molecule has 0 atom stereocenters. The van der Waals surface area contributed by atoms with E-state index in [2.05, 4.69) is 15.0 Å². The van der Waals surface area contributed by atoms with E-state index < -0.39 is 0 Å². The number of hydrogen-bond acceptors (Lipinski definition) is 5. The maximum Gasteiger partial charge on any atom is 0.164 e. The van der Waals surface area contributed by atoms with Gasteiger partial charge in [-0.25, -0.2) is 15.0 Å². The van der Waals surface area contributed by atoms with Crippen LogP contribution in [0.5, 0.6) is 0 Å². The molecule has 0 saturated heterocycles. The van der Waals surface area contributed by atoms with Crippen molar-refractivity contribution in [2.45, 2.75) is 0 Å². The number of furan rings is 2. The molecule has 0 aliphatic carbocycles. The first-order chi connectivity index (χ1) is 24.3. The summed E-state index contributed by atoms with van der Waals surface area (Å²) in [6.07, 6.45) is 0. The second-order valence-electron chi connectivity index (χ2n) is 10.4. The number of para-hydroxylation sites is 1. The van der Waals surface area contributed by atoms with Gasteiger partial charge in [0.2, 0.25) is 0 Å². The first-order valence-corrected chi connectivity index (χ1v) is 14.0. The standard InChI is InChI=1S/C39H23N3O2/c1-3-9-24(10-4-1)37-40-38(25-11-5-2-6-12-25)42-39(41-37)28-16-19-31-32-21-26(17-20-34(32)44-36(31)23-28)27-15-18-30-29-13-7-8-14-33(29)43-35(30)22-27/h1-23H/i16D,17D,19D,20D,21D,23D. The van der Waals surface area contributed by atoms with E-state index in [0.717, 1.165) is 10.8 Å². The average Bonchev–Trinajstić information content (AvgIpc) is 3.74. The summed E-state index contributed by atoms with van der Waals surface area (Å²) in [5.74, 6) is 0.675. The van der Waals surface area contributed by atoms with Gasteiger partial charge in [0.15, 0.2) is 17.5 Å². The Morgan fingerprint density at radius 2 is 1.00 bits per heavy atom. The van der Waals surface area contributed by atoms with Crippen molar-refractivity contribution < 1.29 is 17.1 Å². The molecule has 0 spiro atoms. The lowest BCUT2D eigenvalue weighted by atomic mass is 10.0. The van der Waals surface area contributed by atoms with Gasteiger partial charge in [0.25, 0.3) is 0 Å². The van der Waals surface area contributed by atoms with Crippen LogP contribution >= 0.6 is 0 Å². The fourth-order valence-electron chi connectivity index (χ4n) is 5.45. The number of benzene rings is 6. The molecule has 206 valence electrons. The summed E-state index contributed by atoms with van der Waals surface area (Å²) in [7, 11) is 0. The van der Waals surface area contributed by atoms with Crippen molar-refractivity contribution in [2.75, 3.05) is 0 Å². The van der Waals surface area contributed by atoms with Gasteiger partial charge in [-0.3, -0.25) is 0 Å². The van der Waals surface area contributed by atoms with Crippen molar-refractivity contribution in [3.63, 3.8) is 0 Å². The lowest BCUT2D eigenvalue weighted by Crippen LogP contribution is -2.00. The molecular formula is C39H23N3O2. The maximum atomic E-state index is 9.30. The summed E-state index contributed by atoms with van der Waals surface area (Å²) >= 11 is 0. The molecular weight excluding hydrogens is 542 g/mol. The van der Waals surface area contributed by atoms with E-state index in [9.17, 15) is 2.74 Å². The summed E-state index contributed by atoms with van der Waals surface area (Å²) in [4.78, 5) is 14.0. The van der Waals surface area contributed by atoms with Crippen LogP contribution in [-0.2, 0) is 0 Å². The van der Waals surface area contributed by atoms with Crippen LogP contribution in [0, 0.1) is 0 Å². The highest BCUT2D eigenvalue weighted by molar-refractivity contribution is 6.08. The van der Waals surface area contributed by atoms with E-state index in [1.807, 2.05) is 91.0 Å². The van der Waals surface area contributed by atoms with E-state index in [-0.39, 0.29) is 75.1 Å². The van der Waals surface area contributed by atoms with Crippen molar-refractivity contribution in [1.29, 1.82) is 0 Å². The van der Waals surface area contributed by atoms with E-state index in [0.29, 0.717) is 39.5 Å². The highest BCUT2D eigenvalue weighted by atomic mass is 16.3. The van der Waals surface area contributed by atoms with Gasteiger partial charge in [-0.1, -0.05) is 97.0 Å². The zero-order chi connectivity index (χ0) is 34.3. The first-order valence-electron chi connectivity index (χ1n) is 17.0. The third-order valence-corrected chi connectivity index (χ3v) is 7.60. The molecule has 0 aliphatic heterocycles. The van der Waals surface area contributed by atoms with Crippen LogP contribution < -0.4 is 0 Å². The lowest BCUT2D eigenvalue weighted by molar-refractivity contribution is 0.669. The monoisotopic (exact) mass is 571 g/mol. The van der Waals surface area contributed by atoms with Crippen LogP contribution in [0.25, 0.3) is 89.2 Å². The van der Waals surface area contributed by atoms with Crippen molar-refractivity contribution in [1.82, 2.24) is 15.0 Å². The van der Waals surface area contributed by atoms with Crippen LogP contribution in [0.15, 0.2) is 148 Å². The van der Waals surface area contributed by atoms with Gasteiger partial charge in [-0.15, -0.1) is 0 Å². The number of rotatable bonds is 4. The van der Waals surface area contributed by atoms with Gasteiger partial charge < -0.3 is 8.83 Å². The predicted molar refractivity (Wildman–Crippen MR) is 176 cm³/mol. The van der Waals surface area contributed by atoms with Crippen molar-refractivity contribution >= 4 is 43.9 Å². The van der Waals surface area contributed by atoms with Crippen LogP contribution in [0.2, 0.25) is 0 Å². The molecule has 9 rings (SSSR count). The third-order valence-electron chi connectivity index (χ3n) is 7.60. The molecule has 5 nitrogen and oxygen atoms in total. The molecule has 3 heterocycles. The molecule has 0 saturated carbocycles. The van der Waals surface area contributed by atoms with Crippen LogP contribution in [-0.4, -0.2) is 15.0 Å². The highest BCUT2D eigenvalue weighted by Gasteiger charge is 2.15. The zero-order valence-corrected chi connectivity index (χ0v) is 23.0. The molecule has 9 aromatic rings. The highest BCUT2D eigenvalue weighted by Crippen LogP contribution is 2.37. The Bertz CT molecular complexity index is 2780. The SMILES string of the molecule is [2H]c1c(-c2ccc3c(c2)oc2ccccc23)c([2H])c2c(oc3c([2H])c(-c4nc(-c5ccccc5)nc(-c5ccccc5)n4)c([2H])c([2H])c32)c1[2H]. The molecule has 44 heavy (non-hydrogen) atoms. The van der Waals surface area contributed by atoms with E-state index in [4.69, 9.17) is 14.3 Å². The molecule has 0 N–H and O–H groups in total. The topological polar surface area (TPSA) is 65.0 Å². The lowest BCUT2D eigenvalue weighted by Gasteiger charge is -2.08. The van der Waals surface area contributed by atoms with Crippen LogP contribution in [0.1, 0.15) is 8.22 Å². The maximum absolute atomic E-state index is 9.30. The Morgan fingerprint density at radius 3 is 1.75 bits per heavy atom. The Morgan fingerprint density at radius 1 is 0.386 bits per heavy atom. The second kappa shape index (κ2) is 9.75. The molecule has 6 aromatic carbocycles. The van der Waals surface area contributed by atoms with Crippen LogP contribution in [0.3, 0.4) is 0 Å². The zero-order valence-electron chi connectivity index (χ0n) is 29.0. The van der Waals surface area contributed by atoms with Crippen molar-refractivity contribution in [3.8, 4) is 45.3 Å². The molecule has 0 unspecified atom stereocenters. The normalized spacial score (nSPS) is 13.5. The minimum absolute atomic E-state index is 0.0155. The number of nitrogens with zero attached hydrogens (tertiary/aromatic N) is 3. The molecule has 0 aliphatic rings. The molecule has 0 radical (unpaired) electrons. The van der Waals surface area contributed by atoms with Crippen molar-refractivity contribution in [3.05, 3.63) is 139 Å². The Labute approximate surface area is 260 Å². The van der Waals surface area contributed by atoms with Crippen molar-refractivity contribution in [2.24, 2.45) is 0 Å². The number of aromatic nitrogens is 3. The van der Waals surface area contributed by atoms with E-state index in [1.54, 1.807) is 12.1 Å². The van der Waals surface area contributed by atoms with Gasteiger partial charge >= 0.3 is 0 Å². The number of fused-ring (bicyclic) bond motifs is 6. The molecule has 0 fully saturated rings. The third kappa shape index (κ3) is 4.06. The van der Waals surface area contributed by atoms with E-state index in [1.165, 1.54) is 0 Å². The van der Waals surface area contributed by atoms with Gasteiger partial charge in [0, 0.05) is 38.2 Å². The minimum Gasteiger partial charge on any atom is -0.456 e. The Balaban J connectivity index is 1.29. The predicted octanol–water partition coefficient (Wildman–Crippen LogP) is 10.3. The molecule has 3 aromatic heterocycles. The van der Waals surface area contributed by atoms with Gasteiger partial charge in [-0.2, -0.15) is 0 Å². The summed E-state index contributed by atoms with van der Waals surface area (Å²) in [6.45, 7) is 0. The Hall–Kier alpha value is -6.07. The summed E-state index contributed by atoms with van der Waals surface area (Å²) < 4.78 is 66.9. The largest absolute Gasteiger partial charge is 0.456 e. The molecule has 0 bridgehead atoms. The van der Waals surface area contributed by atoms with Gasteiger partial charge in [0.05, 0.1) is 8.22 Å². The molecule has 0 amide bonds. The fraction of sp³-hybridized carbons (Fsp3) is 0. The fourth-order valence-corrected chi connectivity index (χ4v) is 5.45.